The number of benzene rings is 1. The quantitative estimate of drug-likeness (QED) is 0.581. The molecule has 1 aromatic carbocycles. The summed E-state index contributed by atoms with van der Waals surface area (Å²) in [5.74, 6) is 2.11. The third-order valence-corrected chi connectivity index (χ3v) is 5.22. The second-order valence-electron chi connectivity index (χ2n) is 6.33. The third kappa shape index (κ3) is 6.04. The molecule has 0 saturated carbocycles. The number of nitrogens with one attached hydrogen (secondary N) is 2. The van der Waals surface area contributed by atoms with Gasteiger partial charge in [0, 0.05) is 31.7 Å². The van der Waals surface area contributed by atoms with E-state index < -0.39 is 6.04 Å². The van der Waals surface area contributed by atoms with Crippen LogP contribution in [0.5, 0.6) is 11.5 Å². The molecule has 7 nitrogen and oxygen atoms in total. The number of nitrogens with zero attached hydrogens (tertiary/aromatic N) is 1. The molecule has 1 aromatic rings. The van der Waals surface area contributed by atoms with Crippen LogP contribution >= 0.6 is 11.8 Å². The Kier molecular flexibility index (Phi) is 8.74. The van der Waals surface area contributed by atoms with Crippen molar-refractivity contribution < 1.29 is 19.1 Å². The van der Waals surface area contributed by atoms with Crippen molar-refractivity contribution in [2.45, 2.75) is 25.4 Å². The van der Waals surface area contributed by atoms with Crippen molar-refractivity contribution in [3.05, 3.63) is 23.8 Å². The Bertz CT molecular complexity index is 641. The molecule has 0 bridgehead atoms. The number of hydrogen-bond donors (Lipinski definition) is 2. The Morgan fingerprint density at radius 1 is 1.37 bits per heavy atom. The highest BCUT2D eigenvalue weighted by Crippen LogP contribution is 2.32. The monoisotopic (exact) mass is 395 g/mol. The van der Waals surface area contributed by atoms with Gasteiger partial charge in [-0.2, -0.15) is 11.8 Å². The van der Waals surface area contributed by atoms with Crippen molar-refractivity contribution in [2.24, 2.45) is 0 Å². The highest BCUT2D eigenvalue weighted by molar-refractivity contribution is 7.98. The number of methoxy groups -OCH3 is 2. The van der Waals surface area contributed by atoms with Crippen LogP contribution < -0.4 is 20.1 Å². The van der Waals surface area contributed by atoms with Crippen LogP contribution in [0.1, 0.15) is 18.4 Å². The lowest BCUT2D eigenvalue weighted by Gasteiger charge is -2.35. The molecule has 27 heavy (non-hydrogen) atoms. The molecule has 1 atom stereocenters. The summed E-state index contributed by atoms with van der Waals surface area (Å²) in [6.45, 7) is 2.39. The van der Waals surface area contributed by atoms with Crippen LogP contribution in [0.3, 0.4) is 0 Å². The Morgan fingerprint density at radius 2 is 2.19 bits per heavy atom. The van der Waals surface area contributed by atoms with Gasteiger partial charge in [0.25, 0.3) is 0 Å². The van der Waals surface area contributed by atoms with Crippen molar-refractivity contribution >= 4 is 23.6 Å². The highest BCUT2D eigenvalue weighted by Gasteiger charge is 2.32. The number of carbonyl (C=O) groups excluding carboxylic acids is 2. The fraction of sp³-hybridized carbons (Fsp3) is 0.579. The van der Waals surface area contributed by atoms with Crippen molar-refractivity contribution in [1.82, 2.24) is 15.5 Å². The maximum Gasteiger partial charge on any atom is 0.237 e. The van der Waals surface area contributed by atoms with E-state index in [1.807, 2.05) is 29.4 Å². The molecule has 0 unspecified atom stereocenters. The van der Waals surface area contributed by atoms with Crippen LogP contribution in [0.4, 0.5) is 0 Å². The minimum absolute atomic E-state index is 0.0965. The minimum Gasteiger partial charge on any atom is -0.493 e. The molecule has 1 aliphatic rings. The van der Waals surface area contributed by atoms with Gasteiger partial charge in [0.15, 0.2) is 11.5 Å². The van der Waals surface area contributed by atoms with E-state index in [0.717, 1.165) is 17.7 Å². The van der Waals surface area contributed by atoms with Crippen LogP contribution in [0.15, 0.2) is 18.2 Å². The molecule has 1 heterocycles. The van der Waals surface area contributed by atoms with Gasteiger partial charge in [-0.25, -0.2) is 0 Å². The number of piperazine rings is 1. The zero-order valence-electron chi connectivity index (χ0n) is 16.2. The molecule has 8 heteroatoms. The predicted molar refractivity (Wildman–Crippen MR) is 107 cm³/mol. The number of para-hydroxylation sites is 1. The van der Waals surface area contributed by atoms with E-state index in [9.17, 15) is 9.59 Å². The van der Waals surface area contributed by atoms with Gasteiger partial charge in [0.05, 0.1) is 26.7 Å². The van der Waals surface area contributed by atoms with E-state index in [4.69, 9.17) is 9.47 Å². The number of carbonyl (C=O) groups is 2. The van der Waals surface area contributed by atoms with Gasteiger partial charge in [-0.15, -0.1) is 0 Å². The smallest absolute Gasteiger partial charge is 0.237 e. The van der Waals surface area contributed by atoms with E-state index in [1.54, 1.807) is 26.0 Å². The normalized spacial score (nSPS) is 17.3. The lowest BCUT2D eigenvalue weighted by molar-refractivity contribution is -0.134. The third-order valence-electron chi connectivity index (χ3n) is 4.53. The predicted octanol–water partition coefficient (Wildman–Crippen LogP) is 1.26. The number of rotatable bonds is 10. The lowest BCUT2D eigenvalue weighted by Crippen LogP contribution is -2.56. The second-order valence-corrected chi connectivity index (χ2v) is 7.32. The summed E-state index contributed by atoms with van der Waals surface area (Å²) in [5, 5.41) is 5.77. The van der Waals surface area contributed by atoms with Gasteiger partial charge < -0.3 is 20.1 Å². The van der Waals surface area contributed by atoms with Crippen molar-refractivity contribution in [3.8, 4) is 11.5 Å². The van der Waals surface area contributed by atoms with E-state index in [1.165, 1.54) is 0 Å². The van der Waals surface area contributed by atoms with Crippen molar-refractivity contribution in [3.63, 3.8) is 0 Å². The second kappa shape index (κ2) is 11.0. The van der Waals surface area contributed by atoms with Crippen molar-refractivity contribution in [2.75, 3.05) is 45.9 Å². The zero-order chi connectivity index (χ0) is 19.6. The first-order valence-electron chi connectivity index (χ1n) is 9.08. The fourth-order valence-electron chi connectivity index (χ4n) is 3.16. The molecule has 2 N–H and O–H groups in total. The SMILES string of the molecule is COc1cccc(CN2CCNC(=O)[C@H]2CC(=O)NCCCSC)c1OC. The zero-order valence-corrected chi connectivity index (χ0v) is 17.1. The summed E-state index contributed by atoms with van der Waals surface area (Å²) in [6.07, 6.45) is 3.12. The largest absolute Gasteiger partial charge is 0.493 e. The van der Waals surface area contributed by atoms with Gasteiger partial charge >= 0.3 is 0 Å². The van der Waals surface area contributed by atoms with Gasteiger partial charge in [-0.1, -0.05) is 12.1 Å². The van der Waals surface area contributed by atoms with E-state index >= 15 is 0 Å². The number of amides is 2. The van der Waals surface area contributed by atoms with Gasteiger partial charge in [0.2, 0.25) is 11.8 Å². The van der Waals surface area contributed by atoms with Crippen molar-refractivity contribution in [1.29, 1.82) is 0 Å². The van der Waals surface area contributed by atoms with Crippen LogP contribution in [-0.4, -0.2) is 68.6 Å². The van der Waals surface area contributed by atoms with Crippen LogP contribution in [0, 0.1) is 0 Å². The molecule has 1 aliphatic heterocycles. The maximum absolute atomic E-state index is 12.4. The first kappa shape index (κ1) is 21.4. The summed E-state index contributed by atoms with van der Waals surface area (Å²) >= 11 is 1.75. The fourth-order valence-corrected chi connectivity index (χ4v) is 3.60. The topological polar surface area (TPSA) is 79.9 Å². The van der Waals surface area contributed by atoms with E-state index in [-0.39, 0.29) is 18.2 Å². The molecule has 1 saturated heterocycles. The van der Waals surface area contributed by atoms with E-state index in [0.29, 0.717) is 37.7 Å². The average molecular weight is 396 g/mol. The average Bonchev–Trinajstić information content (AvgIpc) is 2.67. The molecule has 0 aliphatic carbocycles. The highest BCUT2D eigenvalue weighted by atomic mass is 32.2. The van der Waals surface area contributed by atoms with Gasteiger partial charge in [-0.3, -0.25) is 14.5 Å². The summed E-state index contributed by atoms with van der Waals surface area (Å²) in [5.41, 5.74) is 0.928. The van der Waals surface area contributed by atoms with Crippen LogP contribution in [-0.2, 0) is 16.1 Å². The van der Waals surface area contributed by atoms with Crippen LogP contribution in [0.25, 0.3) is 0 Å². The molecule has 0 aromatic heterocycles. The standard InChI is InChI=1S/C19H29N3O4S/c1-25-16-7-4-6-14(18(16)26-2)13-22-10-9-21-19(24)15(22)12-17(23)20-8-5-11-27-3/h4,6-7,15H,5,8-13H2,1-3H3,(H,20,23)(H,21,24)/t15-/m1/s1. The molecule has 0 spiro atoms. The van der Waals surface area contributed by atoms with Gasteiger partial charge in [0.1, 0.15) is 0 Å². The summed E-state index contributed by atoms with van der Waals surface area (Å²) in [6, 6.07) is 5.20. The minimum atomic E-state index is -0.491. The number of hydrogen-bond acceptors (Lipinski definition) is 6. The maximum atomic E-state index is 12.4. The molecule has 150 valence electrons. The Morgan fingerprint density at radius 3 is 2.89 bits per heavy atom. The van der Waals surface area contributed by atoms with Crippen LogP contribution in [0.2, 0.25) is 0 Å². The lowest BCUT2D eigenvalue weighted by atomic mass is 10.1. The summed E-state index contributed by atoms with van der Waals surface area (Å²) in [4.78, 5) is 26.7. The molecule has 2 rings (SSSR count). The Labute approximate surface area is 165 Å². The summed E-state index contributed by atoms with van der Waals surface area (Å²) < 4.78 is 10.8. The van der Waals surface area contributed by atoms with E-state index in [2.05, 4.69) is 10.6 Å². The summed E-state index contributed by atoms with van der Waals surface area (Å²) in [7, 11) is 3.20. The van der Waals surface area contributed by atoms with Gasteiger partial charge in [-0.05, 0) is 24.5 Å². The Hall–Kier alpha value is -1.93. The molecule has 2 amide bonds. The molecular weight excluding hydrogens is 366 g/mol. The number of thioether (sulfide) groups is 1. The number of ether oxygens (including phenoxy) is 2. The molecule has 1 fully saturated rings. The molecule has 0 radical (unpaired) electrons. The first-order chi connectivity index (χ1) is 13.1. The first-order valence-corrected chi connectivity index (χ1v) is 10.5. The Balaban J connectivity index is 2.05. The molecular formula is C19H29N3O4S.